The number of hydrogen-bond acceptors (Lipinski definition) is 10. The third-order valence-corrected chi connectivity index (χ3v) is 4.72. The fourth-order valence-corrected chi connectivity index (χ4v) is 2.57. The van der Waals surface area contributed by atoms with E-state index in [1.54, 1.807) is 0 Å². The maximum atomic E-state index is 12.5. The number of carbonyl (C=O) groups excluding carboxylic acids is 5. The lowest BCUT2D eigenvalue weighted by molar-refractivity contribution is -0.132. The average Bonchev–Trinajstić information content (AvgIpc) is 2.89. The van der Waals surface area contributed by atoms with E-state index in [1.165, 1.54) is 70.2 Å². The molecule has 0 radical (unpaired) electrons. The monoisotopic (exact) mass is 560 g/mol. The minimum atomic E-state index is -0.827. The van der Waals surface area contributed by atoms with E-state index in [-0.39, 0.29) is 51.0 Å². The van der Waals surface area contributed by atoms with Crippen molar-refractivity contribution in [2.45, 2.75) is 27.7 Å². The maximum Gasteiger partial charge on any atom is 0.338 e. The SMILES string of the molecule is C=C(C)C(=O)Oc1ccc(C=CC(=O)Oc2ccc(OC(=O)C(=C)C)c(OC(=O)C(=C)C)c2)cc1OC(=O)C(=C)C. The zero-order valence-electron chi connectivity index (χ0n) is 23.0. The van der Waals surface area contributed by atoms with Gasteiger partial charge < -0.3 is 23.7 Å². The second-order valence-corrected chi connectivity index (χ2v) is 8.75. The van der Waals surface area contributed by atoms with Gasteiger partial charge in [0.25, 0.3) is 0 Å². The van der Waals surface area contributed by atoms with E-state index in [0.717, 1.165) is 6.08 Å². The zero-order valence-corrected chi connectivity index (χ0v) is 23.0. The first-order valence-electron chi connectivity index (χ1n) is 11.9. The molecule has 2 rings (SSSR count). The molecule has 0 aliphatic rings. The van der Waals surface area contributed by atoms with Gasteiger partial charge in [-0.2, -0.15) is 0 Å². The van der Waals surface area contributed by atoms with Crippen LogP contribution in [0.25, 0.3) is 6.08 Å². The predicted octanol–water partition coefficient (Wildman–Crippen LogP) is 5.23. The first kappa shape index (κ1) is 31.7. The van der Waals surface area contributed by atoms with Gasteiger partial charge in [-0.15, -0.1) is 0 Å². The molecule has 0 spiro atoms. The molecule has 2 aromatic carbocycles. The fraction of sp³-hybridized carbons (Fsp3) is 0.129. The molecule has 0 amide bonds. The van der Waals surface area contributed by atoms with Gasteiger partial charge in [-0.3, -0.25) is 0 Å². The largest absolute Gasteiger partial charge is 0.423 e. The number of rotatable bonds is 11. The molecule has 0 atom stereocenters. The molecule has 10 heteroatoms. The molecule has 0 bridgehead atoms. The number of carbonyl (C=O) groups is 5. The van der Waals surface area contributed by atoms with E-state index in [2.05, 4.69) is 26.3 Å². The van der Waals surface area contributed by atoms with Gasteiger partial charge in [0.1, 0.15) is 5.75 Å². The summed E-state index contributed by atoms with van der Waals surface area (Å²) in [7, 11) is 0. The van der Waals surface area contributed by atoms with E-state index in [4.69, 9.17) is 23.7 Å². The minimum absolute atomic E-state index is 0.0302. The van der Waals surface area contributed by atoms with Crippen LogP contribution in [0, 0.1) is 0 Å². The second-order valence-electron chi connectivity index (χ2n) is 8.75. The Morgan fingerprint density at radius 1 is 0.537 bits per heavy atom. The minimum Gasteiger partial charge on any atom is -0.423 e. The van der Waals surface area contributed by atoms with Crippen LogP contribution in [0.4, 0.5) is 0 Å². The normalized spacial score (nSPS) is 10.2. The molecule has 0 unspecified atom stereocenters. The van der Waals surface area contributed by atoms with Gasteiger partial charge in [0.15, 0.2) is 23.0 Å². The highest BCUT2D eigenvalue weighted by molar-refractivity contribution is 5.93. The van der Waals surface area contributed by atoms with E-state index in [9.17, 15) is 24.0 Å². The molecule has 0 saturated carbocycles. The molecular formula is C31H28O10. The maximum absolute atomic E-state index is 12.5. The van der Waals surface area contributed by atoms with Gasteiger partial charge in [0.2, 0.25) is 0 Å². The van der Waals surface area contributed by atoms with E-state index < -0.39 is 29.8 Å². The molecule has 0 aromatic heterocycles. The quantitative estimate of drug-likeness (QED) is 0.204. The van der Waals surface area contributed by atoms with Gasteiger partial charge in [-0.25, -0.2) is 24.0 Å². The summed E-state index contributed by atoms with van der Waals surface area (Å²) in [5.74, 6) is -4.30. The highest BCUT2D eigenvalue weighted by Gasteiger charge is 2.18. The van der Waals surface area contributed by atoms with Gasteiger partial charge in [-0.1, -0.05) is 32.4 Å². The molecule has 0 aliphatic heterocycles. The van der Waals surface area contributed by atoms with Crippen LogP contribution >= 0.6 is 0 Å². The summed E-state index contributed by atoms with van der Waals surface area (Å²) < 4.78 is 26.1. The van der Waals surface area contributed by atoms with Crippen LogP contribution in [-0.4, -0.2) is 29.8 Å². The smallest absolute Gasteiger partial charge is 0.338 e. The lowest BCUT2D eigenvalue weighted by Gasteiger charge is -2.12. The van der Waals surface area contributed by atoms with Crippen LogP contribution in [-0.2, 0) is 24.0 Å². The third kappa shape index (κ3) is 9.63. The van der Waals surface area contributed by atoms with Crippen molar-refractivity contribution in [3.05, 3.63) is 96.6 Å². The molecule has 0 heterocycles. The van der Waals surface area contributed by atoms with E-state index in [1.807, 2.05) is 0 Å². The van der Waals surface area contributed by atoms with Crippen molar-refractivity contribution in [2.75, 3.05) is 0 Å². The Balaban J connectivity index is 2.29. The molecule has 0 fully saturated rings. The molecule has 10 nitrogen and oxygen atoms in total. The van der Waals surface area contributed by atoms with Crippen molar-refractivity contribution in [2.24, 2.45) is 0 Å². The van der Waals surface area contributed by atoms with Crippen molar-refractivity contribution in [1.82, 2.24) is 0 Å². The van der Waals surface area contributed by atoms with Crippen molar-refractivity contribution >= 4 is 35.9 Å². The Bertz CT molecular complexity index is 1510. The fourth-order valence-electron chi connectivity index (χ4n) is 2.57. The Kier molecular flexibility index (Phi) is 10.9. The number of esters is 5. The highest BCUT2D eigenvalue weighted by atomic mass is 16.6. The summed E-state index contributed by atoms with van der Waals surface area (Å²) in [4.78, 5) is 60.6. The molecule has 41 heavy (non-hydrogen) atoms. The van der Waals surface area contributed by atoms with Crippen molar-refractivity contribution < 1.29 is 47.7 Å². The molecule has 0 saturated heterocycles. The highest BCUT2D eigenvalue weighted by Crippen LogP contribution is 2.33. The standard InChI is InChI=1S/C31H28O10/c1-17(2)28(33)38-23-12-9-21(15-25(23)40-30(35)19(5)6)10-14-27(32)37-22-11-13-24(39-29(34)18(3)4)26(16-22)41-31(36)20(7)8/h9-16H,1,3,5,7H2,2,4,6,8H3. The summed E-state index contributed by atoms with van der Waals surface area (Å²) in [5.41, 5.74) is 0.831. The first-order valence-corrected chi connectivity index (χ1v) is 11.9. The van der Waals surface area contributed by atoms with Gasteiger partial charge in [-0.05, 0) is 63.6 Å². The van der Waals surface area contributed by atoms with Crippen molar-refractivity contribution in [3.8, 4) is 28.7 Å². The number of hydrogen-bond donors (Lipinski definition) is 0. The van der Waals surface area contributed by atoms with Crippen LogP contribution < -0.4 is 23.7 Å². The summed E-state index contributed by atoms with van der Waals surface area (Å²) >= 11 is 0. The van der Waals surface area contributed by atoms with E-state index in [0.29, 0.717) is 5.56 Å². The predicted molar refractivity (Wildman–Crippen MR) is 149 cm³/mol. The molecule has 0 aliphatic carbocycles. The average molecular weight is 561 g/mol. The van der Waals surface area contributed by atoms with Crippen molar-refractivity contribution in [1.29, 1.82) is 0 Å². The van der Waals surface area contributed by atoms with Crippen LogP contribution in [0.1, 0.15) is 33.3 Å². The third-order valence-electron chi connectivity index (χ3n) is 4.72. The van der Waals surface area contributed by atoms with Gasteiger partial charge in [0.05, 0.1) is 0 Å². The summed E-state index contributed by atoms with van der Waals surface area (Å²) in [6.07, 6.45) is 2.43. The number of benzene rings is 2. The topological polar surface area (TPSA) is 132 Å². The molecule has 2 aromatic rings. The second kappa shape index (κ2) is 14.0. The van der Waals surface area contributed by atoms with E-state index >= 15 is 0 Å². The molecule has 0 N–H and O–H groups in total. The summed E-state index contributed by atoms with van der Waals surface area (Å²) in [6, 6.07) is 8.04. The number of ether oxygens (including phenoxy) is 5. The summed E-state index contributed by atoms with van der Waals surface area (Å²) in [5, 5.41) is 0. The van der Waals surface area contributed by atoms with Gasteiger partial charge in [0, 0.05) is 34.4 Å². The molecular weight excluding hydrogens is 532 g/mol. The van der Waals surface area contributed by atoms with Crippen LogP contribution in [0.2, 0.25) is 0 Å². The van der Waals surface area contributed by atoms with Crippen molar-refractivity contribution in [3.63, 3.8) is 0 Å². The van der Waals surface area contributed by atoms with Crippen LogP contribution in [0.3, 0.4) is 0 Å². The lowest BCUT2D eigenvalue weighted by Crippen LogP contribution is -2.13. The summed E-state index contributed by atoms with van der Waals surface area (Å²) in [6.45, 7) is 19.8. The Morgan fingerprint density at radius 3 is 1.37 bits per heavy atom. The Morgan fingerprint density at radius 2 is 0.927 bits per heavy atom. The Labute approximate surface area is 236 Å². The zero-order chi connectivity index (χ0) is 30.9. The lowest BCUT2D eigenvalue weighted by atomic mass is 10.2. The molecule has 212 valence electrons. The van der Waals surface area contributed by atoms with Crippen LogP contribution in [0.15, 0.2) is 91.1 Å². The Hall–Kier alpha value is -5.51. The van der Waals surface area contributed by atoms with Crippen LogP contribution in [0.5, 0.6) is 28.7 Å². The first-order chi connectivity index (χ1) is 19.2. The van der Waals surface area contributed by atoms with Gasteiger partial charge >= 0.3 is 29.8 Å².